The smallest absolute Gasteiger partial charge is 0.291 e. The molecule has 1 aromatic carbocycles. The molecule has 2 aromatic heterocycles. The molecule has 8 nitrogen and oxygen atoms in total. The van der Waals surface area contributed by atoms with E-state index in [1.54, 1.807) is 0 Å². The van der Waals surface area contributed by atoms with Gasteiger partial charge in [0, 0.05) is 36.8 Å². The summed E-state index contributed by atoms with van der Waals surface area (Å²) in [5.41, 5.74) is -3.68. The quantitative estimate of drug-likeness (QED) is 0.518. The summed E-state index contributed by atoms with van der Waals surface area (Å²) in [5.74, 6) is 0. The summed E-state index contributed by atoms with van der Waals surface area (Å²) in [5, 5.41) is 11.1. The first-order chi connectivity index (χ1) is 11.6. The number of halogens is 3. The zero-order chi connectivity index (χ0) is 18.5. The molecule has 0 saturated carbocycles. The van der Waals surface area contributed by atoms with Crippen LogP contribution < -0.4 is 11.2 Å². The van der Waals surface area contributed by atoms with Crippen molar-refractivity contribution in [1.82, 2.24) is 13.9 Å². The number of nitro groups is 1. The number of nitrogens with zero attached hydrogens (tertiary/aromatic N) is 4. The molecule has 0 aliphatic heterocycles. The van der Waals surface area contributed by atoms with Gasteiger partial charge in [0.15, 0.2) is 0 Å². The van der Waals surface area contributed by atoms with Crippen molar-refractivity contribution >= 4 is 16.6 Å². The molecule has 3 aromatic rings. The lowest BCUT2D eigenvalue weighted by Crippen LogP contribution is -2.44. The highest BCUT2D eigenvalue weighted by Crippen LogP contribution is 2.27. The maximum atomic E-state index is 12.9. The molecular weight excluding hydrogens is 345 g/mol. The number of benzene rings is 1. The van der Waals surface area contributed by atoms with Gasteiger partial charge in [-0.2, -0.15) is 17.8 Å². The van der Waals surface area contributed by atoms with E-state index in [0.29, 0.717) is 20.7 Å². The third-order valence-electron chi connectivity index (χ3n) is 3.67. The fourth-order valence-electron chi connectivity index (χ4n) is 2.49. The lowest BCUT2D eigenvalue weighted by atomic mass is 10.2. The zero-order valence-corrected chi connectivity index (χ0v) is 12.5. The molecule has 0 spiro atoms. The summed E-state index contributed by atoms with van der Waals surface area (Å²) in [4.78, 5) is 34.5. The molecule has 0 aliphatic rings. The van der Waals surface area contributed by atoms with Crippen LogP contribution in [0, 0.1) is 10.1 Å². The Balaban J connectivity index is 2.30. The van der Waals surface area contributed by atoms with Crippen molar-refractivity contribution in [3.05, 3.63) is 73.2 Å². The van der Waals surface area contributed by atoms with Crippen LogP contribution in [0.15, 0.2) is 46.1 Å². The average molecular weight is 354 g/mol. The van der Waals surface area contributed by atoms with Gasteiger partial charge >= 0.3 is 11.9 Å². The predicted molar refractivity (Wildman–Crippen MR) is 80.3 cm³/mol. The van der Waals surface area contributed by atoms with Crippen molar-refractivity contribution in [3.63, 3.8) is 0 Å². The minimum Gasteiger partial charge on any atom is -0.291 e. The van der Waals surface area contributed by atoms with E-state index in [1.807, 2.05) is 0 Å². The Morgan fingerprint density at radius 1 is 1.12 bits per heavy atom. The van der Waals surface area contributed by atoms with E-state index in [4.69, 9.17) is 0 Å². The van der Waals surface area contributed by atoms with Crippen LogP contribution >= 0.6 is 0 Å². The van der Waals surface area contributed by atoms with Gasteiger partial charge in [-0.15, -0.1) is 0 Å². The number of nitro benzene ring substituents is 1. The largest absolute Gasteiger partial charge is 0.431 e. The topological polar surface area (TPSA) is 92.1 Å². The van der Waals surface area contributed by atoms with Crippen LogP contribution in [0.3, 0.4) is 0 Å². The first-order valence-corrected chi connectivity index (χ1v) is 6.77. The molecule has 3 rings (SSSR count). The Kier molecular flexibility index (Phi) is 3.51. The summed E-state index contributed by atoms with van der Waals surface area (Å²) < 4.78 is 40.5. The lowest BCUT2D eigenvalue weighted by Gasteiger charge is -2.14. The Labute approximate surface area is 136 Å². The van der Waals surface area contributed by atoms with Gasteiger partial charge in [0.2, 0.25) is 0 Å². The summed E-state index contributed by atoms with van der Waals surface area (Å²) in [7, 11) is 0.900. The molecule has 25 heavy (non-hydrogen) atoms. The fraction of sp³-hybridized carbons (Fsp3) is 0.143. The van der Waals surface area contributed by atoms with Gasteiger partial charge in [-0.05, 0) is 12.1 Å². The van der Waals surface area contributed by atoms with Crippen molar-refractivity contribution in [3.8, 4) is 0 Å². The molecule has 0 bridgehead atoms. The van der Waals surface area contributed by atoms with Crippen LogP contribution in [0.25, 0.3) is 10.9 Å². The Bertz CT molecular complexity index is 1120. The van der Waals surface area contributed by atoms with Gasteiger partial charge in [0.25, 0.3) is 11.2 Å². The number of alkyl halides is 3. The van der Waals surface area contributed by atoms with E-state index >= 15 is 0 Å². The standard InChI is InChI=1S/C14H9F3N4O4/c1-18-11(14(15,16)17)7-12(22)20(13(18)23)19-5-4-8-6-9(21(24)25)2-3-10(8)19/h2-7H,1H3. The maximum Gasteiger partial charge on any atom is 0.431 e. The van der Waals surface area contributed by atoms with E-state index in [-0.39, 0.29) is 11.2 Å². The van der Waals surface area contributed by atoms with Crippen LogP contribution in [0.1, 0.15) is 5.69 Å². The molecule has 2 heterocycles. The normalized spacial score (nSPS) is 11.8. The van der Waals surface area contributed by atoms with Crippen molar-refractivity contribution in [2.75, 3.05) is 0 Å². The highest BCUT2D eigenvalue weighted by Gasteiger charge is 2.35. The molecule has 0 unspecified atom stereocenters. The van der Waals surface area contributed by atoms with Crippen molar-refractivity contribution < 1.29 is 18.1 Å². The van der Waals surface area contributed by atoms with Crippen molar-refractivity contribution in [2.24, 2.45) is 7.05 Å². The number of non-ortho nitro benzene ring substituents is 1. The van der Waals surface area contributed by atoms with Gasteiger partial charge in [-0.25, -0.2) is 9.47 Å². The maximum absolute atomic E-state index is 12.9. The summed E-state index contributed by atoms with van der Waals surface area (Å²) in [6.45, 7) is 0. The molecule has 0 amide bonds. The van der Waals surface area contributed by atoms with Crippen molar-refractivity contribution in [2.45, 2.75) is 6.18 Å². The summed E-state index contributed by atoms with van der Waals surface area (Å²) in [6, 6.07) is 5.42. The van der Waals surface area contributed by atoms with E-state index in [9.17, 15) is 32.9 Å². The minimum atomic E-state index is -4.86. The number of hydrogen-bond donors (Lipinski definition) is 0. The Morgan fingerprint density at radius 2 is 1.80 bits per heavy atom. The second-order valence-corrected chi connectivity index (χ2v) is 5.18. The number of hydrogen-bond acceptors (Lipinski definition) is 4. The summed E-state index contributed by atoms with van der Waals surface area (Å²) >= 11 is 0. The first-order valence-electron chi connectivity index (χ1n) is 6.77. The van der Waals surface area contributed by atoms with Crippen LogP contribution in [0.4, 0.5) is 18.9 Å². The van der Waals surface area contributed by atoms with Gasteiger partial charge in [0.05, 0.1) is 10.4 Å². The minimum absolute atomic E-state index is 0.196. The fourth-order valence-corrected chi connectivity index (χ4v) is 2.49. The molecule has 11 heteroatoms. The van der Waals surface area contributed by atoms with Gasteiger partial charge in [-0.1, -0.05) is 0 Å². The first kappa shape index (κ1) is 16.5. The summed E-state index contributed by atoms with van der Waals surface area (Å²) in [6.07, 6.45) is -3.59. The van der Waals surface area contributed by atoms with E-state index < -0.39 is 28.0 Å². The highest BCUT2D eigenvalue weighted by atomic mass is 19.4. The van der Waals surface area contributed by atoms with Crippen LogP contribution in [0.2, 0.25) is 0 Å². The van der Waals surface area contributed by atoms with E-state index in [1.165, 1.54) is 30.5 Å². The second kappa shape index (κ2) is 5.33. The molecule has 0 aliphatic carbocycles. The highest BCUT2D eigenvalue weighted by molar-refractivity contribution is 5.82. The predicted octanol–water partition coefficient (Wildman–Crippen LogP) is 1.74. The van der Waals surface area contributed by atoms with Crippen LogP contribution in [-0.4, -0.2) is 18.8 Å². The third-order valence-corrected chi connectivity index (χ3v) is 3.67. The number of fused-ring (bicyclic) bond motifs is 1. The van der Waals surface area contributed by atoms with Gasteiger partial charge in [0.1, 0.15) is 5.69 Å². The SMILES string of the molecule is Cn1c(C(F)(F)F)cc(=O)n(-n2ccc3cc([N+](=O)[O-])ccc32)c1=O. The molecule has 0 radical (unpaired) electrons. The van der Waals surface area contributed by atoms with Gasteiger partial charge < -0.3 is 0 Å². The second-order valence-electron chi connectivity index (χ2n) is 5.18. The Morgan fingerprint density at radius 3 is 2.40 bits per heavy atom. The van der Waals surface area contributed by atoms with E-state index in [0.717, 1.165) is 11.7 Å². The molecule has 0 saturated heterocycles. The average Bonchev–Trinajstić information content (AvgIpc) is 2.93. The zero-order valence-electron chi connectivity index (χ0n) is 12.5. The monoisotopic (exact) mass is 354 g/mol. The van der Waals surface area contributed by atoms with Crippen LogP contribution in [0.5, 0.6) is 0 Å². The Hall–Kier alpha value is -3.37. The van der Waals surface area contributed by atoms with Gasteiger partial charge in [-0.3, -0.25) is 19.5 Å². The van der Waals surface area contributed by atoms with Crippen molar-refractivity contribution in [1.29, 1.82) is 0 Å². The molecule has 0 N–H and O–H groups in total. The van der Waals surface area contributed by atoms with Crippen LogP contribution in [-0.2, 0) is 13.2 Å². The number of aromatic nitrogens is 3. The molecule has 130 valence electrons. The molecular formula is C14H9F3N4O4. The molecule has 0 atom stereocenters. The lowest BCUT2D eigenvalue weighted by molar-refractivity contribution is -0.384. The number of rotatable bonds is 2. The van der Waals surface area contributed by atoms with E-state index in [2.05, 4.69) is 0 Å². The molecule has 0 fully saturated rings. The third kappa shape index (κ3) is 2.58.